The topological polar surface area (TPSA) is 52.2 Å². The highest BCUT2D eigenvalue weighted by Crippen LogP contribution is 2.41. The van der Waals surface area contributed by atoms with Crippen LogP contribution in [0.15, 0.2) is 23.1 Å². The smallest absolute Gasteiger partial charge is 0.138 e. The normalized spacial score (nSPS) is 12.8. The molecule has 5 heteroatoms. The summed E-state index contributed by atoms with van der Waals surface area (Å²) in [6.07, 6.45) is 5.63. The molecule has 4 nitrogen and oxygen atoms in total. The number of nitrogens with zero attached hydrogens (tertiary/aromatic N) is 1. The number of nitrogens with one attached hydrogen (secondary N) is 1. The number of amides is 1. The van der Waals surface area contributed by atoms with Crippen molar-refractivity contribution in [3.63, 3.8) is 0 Å². The maximum Gasteiger partial charge on any atom is 0.138 e. The van der Waals surface area contributed by atoms with Gasteiger partial charge in [0.05, 0.1) is 30.7 Å². The van der Waals surface area contributed by atoms with Crippen molar-refractivity contribution in [1.29, 1.82) is 0 Å². The van der Waals surface area contributed by atoms with Crippen molar-refractivity contribution < 1.29 is 13.8 Å². The van der Waals surface area contributed by atoms with Crippen LogP contribution in [-0.2, 0) is 0 Å². The predicted molar refractivity (Wildman–Crippen MR) is 110 cm³/mol. The van der Waals surface area contributed by atoms with Gasteiger partial charge in [-0.05, 0) is 36.8 Å². The van der Waals surface area contributed by atoms with Crippen molar-refractivity contribution in [3.05, 3.63) is 23.8 Å². The van der Waals surface area contributed by atoms with E-state index in [1.165, 1.54) is 31.2 Å². The van der Waals surface area contributed by atoms with Crippen LogP contribution in [0.1, 0.15) is 77.7 Å². The number of rotatable bonds is 12. The molecule has 0 spiro atoms. The third kappa shape index (κ3) is 7.20. The summed E-state index contributed by atoms with van der Waals surface area (Å²) in [5.74, 6) is 0.400. The second-order valence-corrected chi connectivity index (χ2v) is 8.84. The van der Waals surface area contributed by atoms with Gasteiger partial charge in [-0.2, -0.15) is 0 Å². The molecule has 0 fully saturated rings. The Bertz CT molecular complexity index is 555. The molecule has 1 unspecified atom stereocenters. The van der Waals surface area contributed by atoms with E-state index in [2.05, 4.69) is 46.1 Å². The van der Waals surface area contributed by atoms with E-state index in [1.807, 2.05) is 12.1 Å². The number of hydrogen-bond donors (Lipinski definition) is 1. The molecule has 0 radical (unpaired) electrons. The van der Waals surface area contributed by atoms with Gasteiger partial charge in [-0.25, -0.2) is 0 Å². The summed E-state index contributed by atoms with van der Waals surface area (Å²) in [4.78, 5) is 12.3. The average Bonchev–Trinajstić information content (AvgIpc) is 2.59. The van der Waals surface area contributed by atoms with Gasteiger partial charge in [0.2, 0.25) is 0 Å². The van der Waals surface area contributed by atoms with Crippen molar-refractivity contribution in [2.75, 3.05) is 25.5 Å². The monoisotopic (exact) mass is 380 g/mol. The van der Waals surface area contributed by atoms with E-state index in [-0.39, 0.29) is 0 Å². The van der Waals surface area contributed by atoms with Gasteiger partial charge in [0, 0.05) is 0 Å². The maximum atomic E-state index is 11.2. The molecule has 0 aliphatic rings. The molecule has 148 valence electrons. The number of unbranched alkanes of at least 4 members (excludes halogenated alkanes) is 2. The van der Waals surface area contributed by atoms with Crippen LogP contribution in [-0.4, -0.2) is 30.1 Å². The van der Waals surface area contributed by atoms with E-state index in [4.69, 9.17) is 0 Å². The molecular formula is C21H36N2O2S. The minimum Gasteiger partial charge on any atom is -0.530 e. The fourth-order valence-corrected chi connectivity index (χ4v) is 4.72. The first kappa shape index (κ1) is 22.8. The van der Waals surface area contributed by atoms with Gasteiger partial charge < -0.3 is 15.2 Å². The van der Waals surface area contributed by atoms with Gasteiger partial charge in [-0.15, -0.1) is 0 Å². The van der Waals surface area contributed by atoms with Crippen LogP contribution in [0, 0.1) is 0 Å². The van der Waals surface area contributed by atoms with Crippen molar-refractivity contribution in [2.45, 2.75) is 77.0 Å². The predicted octanol–water partition coefficient (Wildman–Crippen LogP) is 5.40. The number of quaternary nitrogens is 1. The average molecular weight is 381 g/mol. The van der Waals surface area contributed by atoms with Crippen LogP contribution in [0.2, 0.25) is 0 Å². The summed E-state index contributed by atoms with van der Waals surface area (Å²) < 4.78 is 0.874. The molecule has 0 bridgehead atoms. The fraction of sp³-hybridized carbons (Fsp3) is 0.667. The lowest BCUT2D eigenvalue weighted by Crippen LogP contribution is -2.39. The van der Waals surface area contributed by atoms with Gasteiger partial charge >= 0.3 is 0 Å². The third-order valence-corrected chi connectivity index (χ3v) is 6.26. The summed E-state index contributed by atoms with van der Waals surface area (Å²) in [6, 6.07) is 5.94. The lowest BCUT2D eigenvalue weighted by molar-refractivity contribution is -0.774. The molecule has 1 aromatic carbocycles. The van der Waals surface area contributed by atoms with Crippen molar-refractivity contribution in [2.24, 2.45) is 0 Å². The molecular weight excluding hydrogens is 344 g/mol. The molecule has 0 aliphatic heterocycles. The molecule has 0 saturated carbocycles. The second kappa shape index (κ2) is 11.5. The SMILES string of the molecule is CCCC[N+](C)(CCCC)Sc1c(NC(=O)[O-])cccc1C(C)CCC. The first-order valence-electron chi connectivity index (χ1n) is 10.0. The Labute approximate surface area is 164 Å². The van der Waals surface area contributed by atoms with Crippen LogP contribution in [0.4, 0.5) is 10.5 Å². The zero-order valence-electron chi connectivity index (χ0n) is 17.1. The number of carbonyl (C=O) groups excluding carboxylic acids is 1. The summed E-state index contributed by atoms with van der Waals surface area (Å²) in [5.41, 5.74) is 1.90. The Morgan fingerprint density at radius 1 is 1.15 bits per heavy atom. The quantitative estimate of drug-likeness (QED) is 0.390. The summed E-state index contributed by atoms with van der Waals surface area (Å²) in [5, 5.41) is 13.7. The van der Waals surface area contributed by atoms with Gasteiger partial charge in [0.25, 0.3) is 0 Å². The minimum atomic E-state index is -1.25. The van der Waals surface area contributed by atoms with Crippen molar-refractivity contribution in [1.82, 2.24) is 0 Å². The van der Waals surface area contributed by atoms with E-state index >= 15 is 0 Å². The summed E-state index contributed by atoms with van der Waals surface area (Å²) >= 11 is 1.80. The van der Waals surface area contributed by atoms with Gasteiger partial charge in [0.15, 0.2) is 0 Å². The van der Waals surface area contributed by atoms with E-state index in [0.717, 1.165) is 34.7 Å². The maximum absolute atomic E-state index is 11.2. The van der Waals surface area contributed by atoms with Crippen molar-refractivity contribution >= 4 is 23.7 Å². The third-order valence-electron chi connectivity index (χ3n) is 4.82. The highest BCUT2D eigenvalue weighted by molar-refractivity contribution is 7.94. The number of anilines is 1. The molecule has 1 aromatic rings. The number of benzene rings is 1. The first-order chi connectivity index (χ1) is 12.4. The van der Waals surface area contributed by atoms with Crippen LogP contribution in [0.5, 0.6) is 0 Å². The van der Waals surface area contributed by atoms with E-state index < -0.39 is 6.09 Å². The number of carboxylic acid groups (broad SMARTS) is 1. The number of hydrogen-bond acceptors (Lipinski definition) is 3. The zero-order chi connectivity index (χ0) is 19.6. The molecule has 0 heterocycles. The van der Waals surface area contributed by atoms with Gasteiger partial charge in [0.1, 0.15) is 18.0 Å². The first-order valence-corrected chi connectivity index (χ1v) is 10.8. The standard InChI is InChI=1S/C21H36N2O2S/c1-6-9-15-23(5,16-10-7-2)26-20-18(17(4)12-8-3)13-11-14-19(20)22-21(24)25/h11,13-14,17,22H,6-10,12,15-16H2,1-5H3. The van der Waals surface area contributed by atoms with E-state index in [1.54, 1.807) is 11.9 Å². The highest BCUT2D eigenvalue weighted by Gasteiger charge is 2.28. The summed E-state index contributed by atoms with van der Waals surface area (Å²) in [6.45, 7) is 11.0. The Hall–Kier alpha value is -1.20. The largest absolute Gasteiger partial charge is 0.530 e. The molecule has 1 rings (SSSR count). The Balaban J connectivity index is 3.27. The Kier molecular flexibility index (Phi) is 10.1. The second-order valence-electron chi connectivity index (χ2n) is 7.37. The van der Waals surface area contributed by atoms with Gasteiger partial charge in [-0.1, -0.05) is 59.1 Å². The highest BCUT2D eigenvalue weighted by atomic mass is 32.2. The zero-order valence-corrected chi connectivity index (χ0v) is 18.0. The molecule has 0 aromatic heterocycles. The van der Waals surface area contributed by atoms with Gasteiger partial charge in [-0.3, -0.25) is 3.89 Å². The molecule has 1 amide bonds. The lowest BCUT2D eigenvalue weighted by atomic mass is 9.96. The summed E-state index contributed by atoms with van der Waals surface area (Å²) in [7, 11) is 2.28. The van der Waals surface area contributed by atoms with Crippen LogP contribution in [0.3, 0.4) is 0 Å². The molecule has 26 heavy (non-hydrogen) atoms. The van der Waals surface area contributed by atoms with Crippen molar-refractivity contribution in [3.8, 4) is 0 Å². The number of carbonyl (C=O) groups is 1. The Morgan fingerprint density at radius 3 is 2.27 bits per heavy atom. The minimum absolute atomic E-state index is 0.400. The molecule has 1 N–H and O–H groups in total. The fourth-order valence-electron chi connectivity index (χ4n) is 3.25. The van der Waals surface area contributed by atoms with Crippen LogP contribution >= 0.6 is 11.9 Å². The molecule has 0 aliphatic carbocycles. The van der Waals surface area contributed by atoms with E-state index in [9.17, 15) is 9.90 Å². The van der Waals surface area contributed by atoms with Crippen LogP contribution in [0.25, 0.3) is 0 Å². The van der Waals surface area contributed by atoms with Crippen LogP contribution < -0.4 is 10.4 Å². The van der Waals surface area contributed by atoms with E-state index in [0.29, 0.717) is 11.6 Å². The Morgan fingerprint density at radius 2 is 1.77 bits per heavy atom. The molecule has 1 atom stereocenters. The molecule has 0 saturated heterocycles. The lowest BCUT2D eigenvalue weighted by Gasteiger charge is -2.33.